The number of rotatable bonds is 10. The zero-order chi connectivity index (χ0) is 27.4. The summed E-state index contributed by atoms with van der Waals surface area (Å²) in [6.07, 6.45) is 2.83. The van der Waals surface area contributed by atoms with Gasteiger partial charge in [0, 0.05) is 30.7 Å². The van der Waals surface area contributed by atoms with Gasteiger partial charge in [-0.25, -0.2) is 4.98 Å². The number of non-ortho nitro benzene ring substituents is 1. The van der Waals surface area contributed by atoms with Gasteiger partial charge in [-0.05, 0) is 45.7 Å². The Morgan fingerprint density at radius 1 is 1.00 bits per heavy atom. The van der Waals surface area contributed by atoms with Gasteiger partial charge in [0.25, 0.3) is 5.69 Å². The van der Waals surface area contributed by atoms with E-state index in [4.69, 9.17) is 11.6 Å². The third-order valence-electron chi connectivity index (χ3n) is 6.55. The lowest BCUT2D eigenvalue weighted by Gasteiger charge is -2.13. The summed E-state index contributed by atoms with van der Waals surface area (Å²) in [4.78, 5) is 15.1. The first-order valence-corrected chi connectivity index (χ1v) is 12.9. The first-order valence-electron chi connectivity index (χ1n) is 12.6. The van der Waals surface area contributed by atoms with E-state index in [1.54, 1.807) is 16.8 Å². The molecule has 11 heteroatoms. The van der Waals surface area contributed by atoms with E-state index in [-0.39, 0.29) is 12.3 Å². The van der Waals surface area contributed by atoms with Crippen molar-refractivity contribution in [3.63, 3.8) is 0 Å². The first kappa shape index (κ1) is 26.2. The van der Waals surface area contributed by atoms with Gasteiger partial charge in [0.15, 0.2) is 11.0 Å². The minimum absolute atomic E-state index is 0.00424. The summed E-state index contributed by atoms with van der Waals surface area (Å²) in [5.74, 6) is 1.39. The minimum Gasteiger partial charge on any atom is -0.390 e. The fraction of sp³-hybridized carbons (Fsp3) is 0.214. The van der Waals surface area contributed by atoms with Crippen LogP contribution in [-0.4, -0.2) is 39.8 Å². The van der Waals surface area contributed by atoms with Crippen LogP contribution in [0.5, 0.6) is 0 Å². The number of aryl methyl sites for hydroxylation is 1. The normalized spacial score (nSPS) is 11.2. The third-order valence-corrected chi connectivity index (χ3v) is 6.86. The second kappa shape index (κ2) is 11.5. The Bertz CT molecular complexity index is 1590. The molecule has 2 aromatic heterocycles. The van der Waals surface area contributed by atoms with E-state index in [1.165, 1.54) is 12.1 Å². The molecule has 0 spiro atoms. The van der Waals surface area contributed by atoms with Crippen molar-refractivity contribution in [3.8, 4) is 28.2 Å². The number of aliphatic hydroxyl groups is 1. The molecule has 0 unspecified atom stereocenters. The lowest BCUT2D eigenvalue weighted by Crippen LogP contribution is -2.09. The Labute approximate surface area is 229 Å². The van der Waals surface area contributed by atoms with Gasteiger partial charge in [0.05, 0.1) is 22.9 Å². The van der Waals surface area contributed by atoms with E-state index in [9.17, 15) is 15.2 Å². The minimum atomic E-state index is -0.443. The predicted octanol–water partition coefficient (Wildman–Crippen LogP) is 5.64. The second-order valence-corrected chi connectivity index (χ2v) is 9.40. The molecule has 10 nitrogen and oxygen atoms in total. The second-order valence-electron chi connectivity index (χ2n) is 9.04. The highest BCUT2D eigenvalue weighted by molar-refractivity contribution is 6.30. The summed E-state index contributed by atoms with van der Waals surface area (Å²) in [6, 6.07) is 22.1. The number of nitrogens with zero attached hydrogens (tertiary/aromatic N) is 7. The summed E-state index contributed by atoms with van der Waals surface area (Å²) in [7, 11) is 0. The number of nitro benzene ring substituents is 1. The predicted molar refractivity (Wildman–Crippen MR) is 148 cm³/mol. The summed E-state index contributed by atoms with van der Waals surface area (Å²) >= 11 is 6.31. The van der Waals surface area contributed by atoms with Gasteiger partial charge >= 0.3 is 0 Å². The van der Waals surface area contributed by atoms with Crippen LogP contribution in [0.2, 0.25) is 5.15 Å². The molecule has 0 aliphatic carbocycles. The molecular formula is C28H26ClN7O3. The zero-order valence-corrected chi connectivity index (χ0v) is 22.0. The molecule has 198 valence electrons. The number of imidazole rings is 1. The number of aliphatic hydroxyl groups excluding tert-OH is 1. The lowest BCUT2D eigenvalue weighted by molar-refractivity contribution is -0.384. The number of halogens is 1. The van der Waals surface area contributed by atoms with Crippen LogP contribution in [0.4, 0.5) is 5.69 Å². The Morgan fingerprint density at radius 2 is 1.72 bits per heavy atom. The van der Waals surface area contributed by atoms with Crippen LogP contribution >= 0.6 is 11.6 Å². The fourth-order valence-corrected chi connectivity index (χ4v) is 4.77. The molecule has 0 saturated carbocycles. The molecule has 5 aromatic rings. The van der Waals surface area contributed by atoms with Crippen molar-refractivity contribution in [1.29, 1.82) is 0 Å². The van der Waals surface area contributed by atoms with Crippen molar-refractivity contribution < 1.29 is 10.0 Å². The Hall–Kier alpha value is -4.41. The number of hydrogen-bond donors (Lipinski definition) is 1. The highest BCUT2D eigenvalue weighted by atomic mass is 35.5. The molecule has 5 rings (SSSR count). The number of hydrogen-bond acceptors (Lipinski definition) is 7. The topological polar surface area (TPSA) is 125 Å². The van der Waals surface area contributed by atoms with E-state index in [0.29, 0.717) is 28.9 Å². The molecule has 0 atom stereocenters. The average Bonchev–Trinajstić information content (AvgIpc) is 3.56. The van der Waals surface area contributed by atoms with Crippen molar-refractivity contribution in [2.45, 2.75) is 39.3 Å². The van der Waals surface area contributed by atoms with Crippen molar-refractivity contribution >= 4 is 17.3 Å². The Morgan fingerprint density at radius 3 is 2.38 bits per heavy atom. The fourth-order valence-electron chi connectivity index (χ4n) is 4.52. The smallest absolute Gasteiger partial charge is 0.269 e. The van der Waals surface area contributed by atoms with Crippen molar-refractivity contribution in [2.75, 3.05) is 0 Å². The van der Waals surface area contributed by atoms with Gasteiger partial charge in [0.2, 0.25) is 0 Å². The molecule has 0 saturated heterocycles. The monoisotopic (exact) mass is 543 g/mol. The van der Waals surface area contributed by atoms with Crippen molar-refractivity contribution in [2.24, 2.45) is 0 Å². The molecule has 0 bridgehead atoms. The van der Waals surface area contributed by atoms with E-state index >= 15 is 0 Å². The SMILES string of the molecule is CCCCc1nc(Cl)c(CO)n1Cc1ccc(-c2ccccc2-c2nnnn2-c2ccc([N+](=O)[O-])cc2)cc1. The standard InChI is InChI=1S/C28H26ClN7O3/c1-2-3-8-26-30-27(29)25(18-37)34(26)17-19-9-11-20(12-10-19)23-6-4-5-7-24(23)28-31-32-33-35(28)21-13-15-22(16-14-21)36(38)39/h4-7,9-16,37H,2-3,8,17-18H2,1H3. The number of unbranched alkanes of at least 4 members (excludes halogenated alkanes) is 1. The van der Waals surface area contributed by atoms with Gasteiger partial charge in [0.1, 0.15) is 5.82 Å². The van der Waals surface area contributed by atoms with Crippen LogP contribution < -0.4 is 0 Å². The van der Waals surface area contributed by atoms with Gasteiger partial charge < -0.3 is 9.67 Å². The molecule has 1 N–H and O–H groups in total. The molecule has 3 aromatic carbocycles. The molecule has 0 fully saturated rings. The maximum absolute atomic E-state index is 11.0. The molecule has 0 radical (unpaired) electrons. The number of benzene rings is 3. The van der Waals surface area contributed by atoms with Crippen LogP contribution in [-0.2, 0) is 19.6 Å². The van der Waals surface area contributed by atoms with E-state index in [2.05, 4.69) is 27.4 Å². The van der Waals surface area contributed by atoms with Crippen LogP contribution in [0, 0.1) is 10.1 Å². The van der Waals surface area contributed by atoms with Crippen molar-refractivity contribution in [1.82, 2.24) is 29.8 Å². The highest BCUT2D eigenvalue weighted by Crippen LogP contribution is 2.32. The van der Waals surface area contributed by atoms with Crippen LogP contribution in [0.25, 0.3) is 28.2 Å². The molecular weight excluding hydrogens is 518 g/mol. The molecule has 2 heterocycles. The quantitative estimate of drug-likeness (QED) is 0.178. The molecule has 0 aliphatic heterocycles. The van der Waals surface area contributed by atoms with Gasteiger partial charge in [-0.1, -0.05) is 73.5 Å². The number of nitro groups is 1. The van der Waals surface area contributed by atoms with Crippen LogP contribution in [0.15, 0.2) is 72.8 Å². The summed E-state index contributed by atoms with van der Waals surface area (Å²) in [5.41, 5.74) is 5.01. The summed E-state index contributed by atoms with van der Waals surface area (Å²) in [5, 5.41) is 33.5. The number of tetrazole rings is 1. The van der Waals surface area contributed by atoms with Crippen molar-refractivity contribution in [3.05, 3.63) is 105 Å². The van der Waals surface area contributed by atoms with Gasteiger partial charge in [-0.3, -0.25) is 10.1 Å². The Balaban J connectivity index is 1.45. The molecule has 0 aliphatic rings. The largest absolute Gasteiger partial charge is 0.390 e. The van der Waals surface area contributed by atoms with E-state index < -0.39 is 4.92 Å². The van der Waals surface area contributed by atoms with E-state index in [1.807, 2.05) is 53.1 Å². The van der Waals surface area contributed by atoms with Crippen LogP contribution in [0.1, 0.15) is 36.8 Å². The van der Waals surface area contributed by atoms with E-state index in [0.717, 1.165) is 47.3 Å². The first-order chi connectivity index (χ1) is 19.0. The maximum Gasteiger partial charge on any atom is 0.269 e. The van der Waals surface area contributed by atoms with Crippen LogP contribution in [0.3, 0.4) is 0 Å². The average molecular weight is 544 g/mol. The number of aromatic nitrogens is 6. The maximum atomic E-state index is 11.0. The summed E-state index contributed by atoms with van der Waals surface area (Å²) in [6.45, 7) is 2.50. The third kappa shape index (κ3) is 5.43. The highest BCUT2D eigenvalue weighted by Gasteiger charge is 2.18. The summed E-state index contributed by atoms with van der Waals surface area (Å²) < 4.78 is 3.56. The lowest BCUT2D eigenvalue weighted by atomic mass is 9.98. The van der Waals surface area contributed by atoms with Gasteiger partial charge in [-0.15, -0.1) is 5.10 Å². The van der Waals surface area contributed by atoms with Gasteiger partial charge in [-0.2, -0.15) is 4.68 Å². The zero-order valence-electron chi connectivity index (χ0n) is 21.2. The molecule has 0 amide bonds. The Kier molecular flexibility index (Phi) is 7.76. The molecule has 39 heavy (non-hydrogen) atoms.